The number of sulfonamides is 1. The molecule has 0 aliphatic carbocycles. The molecule has 0 saturated carbocycles. The van der Waals surface area contributed by atoms with E-state index in [1.54, 1.807) is 24.3 Å². The molecule has 0 amide bonds. The molecular formula is C26H30N4O4S. The minimum Gasteiger partial charge on any atom is -0.475 e. The molecule has 35 heavy (non-hydrogen) atoms. The standard InChI is InChI=1S/C26H30N4O4S/c1-17-5-3-6-18(2)25(17)23-15-24-29-26(28-23)30-35(31,32)22-8-4-7-20(14-22)27-21(16-34-24)13-19-9-11-33-12-10-19/h3-8,14-15,19,21,27H,9-13,16H2,1-2H3,(H,28,29,30). The maximum Gasteiger partial charge on any atom is 0.264 e. The third-order valence-electron chi connectivity index (χ3n) is 6.57. The van der Waals surface area contributed by atoms with E-state index in [0.29, 0.717) is 24.1 Å². The zero-order valence-electron chi connectivity index (χ0n) is 20.0. The summed E-state index contributed by atoms with van der Waals surface area (Å²) in [5.41, 5.74) is 4.36. The lowest BCUT2D eigenvalue weighted by molar-refractivity contribution is 0.0607. The van der Waals surface area contributed by atoms with E-state index in [0.717, 1.165) is 54.9 Å². The third kappa shape index (κ3) is 5.41. The Morgan fingerprint density at radius 1 is 1.00 bits per heavy atom. The molecule has 3 heterocycles. The maximum atomic E-state index is 13.2. The molecule has 0 radical (unpaired) electrons. The summed E-state index contributed by atoms with van der Waals surface area (Å²) in [6.07, 6.45) is 2.90. The van der Waals surface area contributed by atoms with Crippen LogP contribution in [0.25, 0.3) is 11.3 Å². The van der Waals surface area contributed by atoms with Crippen LogP contribution in [0, 0.1) is 19.8 Å². The molecule has 2 N–H and O–H groups in total. The van der Waals surface area contributed by atoms with Gasteiger partial charge in [0.1, 0.15) is 6.61 Å². The van der Waals surface area contributed by atoms with Crippen molar-refractivity contribution in [2.45, 2.75) is 44.0 Å². The summed E-state index contributed by atoms with van der Waals surface area (Å²) in [5, 5.41) is 3.49. The van der Waals surface area contributed by atoms with Gasteiger partial charge in [0.05, 0.1) is 16.6 Å². The monoisotopic (exact) mass is 494 g/mol. The first-order valence-corrected chi connectivity index (χ1v) is 13.4. The van der Waals surface area contributed by atoms with Crippen LogP contribution in [-0.2, 0) is 14.8 Å². The number of aryl methyl sites for hydroxylation is 2. The van der Waals surface area contributed by atoms with Crippen molar-refractivity contribution < 1.29 is 17.9 Å². The summed E-state index contributed by atoms with van der Waals surface area (Å²) in [7, 11) is -3.90. The number of nitrogens with zero attached hydrogens (tertiary/aromatic N) is 2. The van der Waals surface area contributed by atoms with Gasteiger partial charge in [-0.25, -0.2) is 18.1 Å². The minimum absolute atomic E-state index is 0.0138. The molecule has 184 valence electrons. The third-order valence-corrected chi connectivity index (χ3v) is 7.90. The van der Waals surface area contributed by atoms with E-state index in [2.05, 4.69) is 20.0 Å². The summed E-state index contributed by atoms with van der Waals surface area (Å²) in [5.74, 6) is 0.830. The van der Waals surface area contributed by atoms with Crippen molar-refractivity contribution in [2.24, 2.45) is 5.92 Å². The van der Waals surface area contributed by atoms with Crippen molar-refractivity contribution in [2.75, 3.05) is 29.9 Å². The van der Waals surface area contributed by atoms with Crippen molar-refractivity contribution >= 4 is 21.7 Å². The van der Waals surface area contributed by atoms with E-state index in [9.17, 15) is 8.42 Å². The average molecular weight is 495 g/mol. The van der Waals surface area contributed by atoms with Gasteiger partial charge in [0.25, 0.3) is 10.0 Å². The zero-order chi connectivity index (χ0) is 24.4. The Kier molecular flexibility index (Phi) is 6.62. The lowest BCUT2D eigenvalue weighted by Gasteiger charge is -2.28. The van der Waals surface area contributed by atoms with Gasteiger partial charge < -0.3 is 14.8 Å². The highest BCUT2D eigenvalue weighted by atomic mass is 32.2. The van der Waals surface area contributed by atoms with Crippen molar-refractivity contribution in [3.8, 4) is 17.1 Å². The van der Waals surface area contributed by atoms with Crippen LogP contribution in [-0.4, -0.2) is 44.2 Å². The Labute approximate surface area is 206 Å². The van der Waals surface area contributed by atoms with Crippen LogP contribution < -0.4 is 14.8 Å². The summed E-state index contributed by atoms with van der Waals surface area (Å²) < 4.78 is 40.6. The van der Waals surface area contributed by atoms with Crippen molar-refractivity contribution in [3.05, 3.63) is 59.7 Å². The largest absolute Gasteiger partial charge is 0.475 e. The molecule has 2 aliphatic heterocycles. The highest BCUT2D eigenvalue weighted by Crippen LogP contribution is 2.30. The van der Waals surface area contributed by atoms with Gasteiger partial charge in [-0.15, -0.1) is 0 Å². The topological polar surface area (TPSA) is 102 Å². The second-order valence-corrected chi connectivity index (χ2v) is 10.9. The van der Waals surface area contributed by atoms with Crippen molar-refractivity contribution in [1.29, 1.82) is 0 Å². The smallest absolute Gasteiger partial charge is 0.264 e. The van der Waals surface area contributed by atoms with Crippen LogP contribution in [0.1, 0.15) is 30.4 Å². The van der Waals surface area contributed by atoms with E-state index in [1.807, 2.05) is 38.1 Å². The van der Waals surface area contributed by atoms with Crippen LogP contribution in [0.4, 0.5) is 11.6 Å². The number of anilines is 2. The molecule has 5 rings (SSSR count). The van der Waals surface area contributed by atoms with Gasteiger partial charge in [0.2, 0.25) is 11.8 Å². The average Bonchev–Trinajstić information content (AvgIpc) is 2.82. The lowest BCUT2D eigenvalue weighted by Crippen LogP contribution is -2.32. The highest BCUT2D eigenvalue weighted by molar-refractivity contribution is 7.92. The van der Waals surface area contributed by atoms with E-state index >= 15 is 0 Å². The van der Waals surface area contributed by atoms with Crippen molar-refractivity contribution in [3.63, 3.8) is 0 Å². The molecule has 9 heteroatoms. The van der Waals surface area contributed by atoms with Gasteiger partial charge in [-0.1, -0.05) is 24.3 Å². The van der Waals surface area contributed by atoms with E-state index in [-0.39, 0.29) is 16.9 Å². The molecule has 1 saturated heterocycles. The molecule has 0 spiro atoms. The Bertz CT molecular complexity index is 1300. The normalized spacial score (nSPS) is 19.9. The first-order chi connectivity index (χ1) is 16.9. The van der Waals surface area contributed by atoms with E-state index in [1.165, 1.54) is 0 Å². The predicted octanol–water partition coefficient (Wildman–Crippen LogP) is 4.55. The van der Waals surface area contributed by atoms with Crippen LogP contribution in [0.5, 0.6) is 5.88 Å². The first kappa shape index (κ1) is 23.6. The molecule has 2 aromatic carbocycles. The van der Waals surface area contributed by atoms with Crippen LogP contribution in [0.2, 0.25) is 0 Å². The summed E-state index contributed by atoms with van der Waals surface area (Å²) in [6.45, 7) is 5.94. The van der Waals surface area contributed by atoms with Gasteiger partial charge >= 0.3 is 0 Å². The molecule has 1 aromatic heterocycles. The Balaban J connectivity index is 1.56. The highest BCUT2D eigenvalue weighted by Gasteiger charge is 2.24. The molecule has 1 unspecified atom stereocenters. The number of ether oxygens (including phenoxy) is 2. The number of hydrogen-bond donors (Lipinski definition) is 2. The van der Waals surface area contributed by atoms with Gasteiger partial charge in [0, 0.05) is 30.5 Å². The Hall–Kier alpha value is -3.17. The van der Waals surface area contributed by atoms with Crippen LogP contribution in [0.3, 0.4) is 0 Å². The van der Waals surface area contributed by atoms with Gasteiger partial charge in [-0.3, -0.25) is 0 Å². The van der Waals surface area contributed by atoms with Crippen LogP contribution >= 0.6 is 0 Å². The Morgan fingerprint density at radius 2 is 1.74 bits per heavy atom. The molecule has 4 bridgehead atoms. The summed E-state index contributed by atoms with van der Waals surface area (Å²) in [4.78, 5) is 9.11. The number of benzene rings is 2. The fourth-order valence-corrected chi connectivity index (χ4v) is 5.79. The molecule has 1 atom stereocenters. The predicted molar refractivity (Wildman–Crippen MR) is 135 cm³/mol. The van der Waals surface area contributed by atoms with E-state index in [4.69, 9.17) is 9.47 Å². The number of nitrogens with one attached hydrogen (secondary N) is 2. The number of hydrogen-bond acceptors (Lipinski definition) is 7. The second-order valence-electron chi connectivity index (χ2n) is 9.26. The second kappa shape index (κ2) is 9.83. The fraction of sp³-hybridized carbons (Fsp3) is 0.385. The number of fused-ring (bicyclic) bond motifs is 4. The maximum absolute atomic E-state index is 13.2. The molecular weight excluding hydrogens is 464 g/mol. The quantitative estimate of drug-likeness (QED) is 0.551. The Morgan fingerprint density at radius 3 is 2.51 bits per heavy atom. The lowest BCUT2D eigenvalue weighted by atomic mass is 9.92. The van der Waals surface area contributed by atoms with Crippen LogP contribution in [0.15, 0.2) is 53.4 Å². The van der Waals surface area contributed by atoms with Gasteiger partial charge in [0.15, 0.2) is 0 Å². The zero-order valence-corrected chi connectivity index (χ0v) is 20.8. The SMILES string of the molecule is Cc1cccc(C)c1-c1cc2nc(n1)NS(=O)(=O)c1cccc(c1)NC(CC1CCOCC1)CO2. The minimum atomic E-state index is -3.90. The number of aromatic nitrogens is 2. The number of rotatable bonds is 3. The van der Waals surface area contributed by atoms with Crippen molar-refractivity contribution in [1.82, 2.24) is 9.97 Å². The first-order valence-electron chi connectivity index (χ1n) is 11.9. The van der Waals surface area contributed by atoms with E-state index < -0.39 is 10.0 Å². The summed E-state index contributed by atoms with van der Waals surface area (Å²) in [6, 6.07) is 14.6. The summed E-state index contributed by atoms with van der Waals surface area (Å²) >= 11 is 0. The molecule has 3 aromatic rings. The molecule has 1 fully saturated rings. The fourth-order valence-electron chi connectivity index (χ4n) is 4.80. The van der Waals surface area contributed by atoms with Gasteiger partial charge in [-0.05, 0) is 68.4 Å². The van der Waals surface area contributed by atoms with Gasteiger partial charge in [-0.2, -0.15) is 4.98 Å². The molecule has 2 aliphatic rings. The molecule has 8 nitrogen and oxygen atoms in total.